The summed E-state index contributed by atoms with van der Waals surface area (Å²) in [5.41, 5.74) is 1.24. The van der Waals surface area contributed by atoms with Crippen LogP contribution >= 0.6 is 0 Å². The predicted octanol–water partition coefficient (Wildman–Crippen LogP) is 1.12. The van der Waals surface area contributed by atoms with Crippen LogP contribution < -0.4 is 5.32 Å². The van der Waals surface area contributed by atoms with Gasteiger partial charge in [0.05, 0.1) is 24.3 Å². The normalized spacial score (nSPS) is 19.4. The van der Waals surface area contributed by atoms with E-state index in [9.17, 15) is 4.39 Å². The van der Waals surface area contributed by atoms with E-state index in [1.165, 1.54) is 12.1 Å². The molecule has 2 rings (SSSR count). The summed E-state index contributed by atoms with van der Waals surface area (Å²) in [5, 5.41) is 12.3. The Morgan fingerprint density at radius 2 is 2.42 bits per heavy atom. The van der Waals surface area contributed by atoms with Crippen LogP contribution in [-0.2, 0) is 11.3 Å². The van der Waals surface area contributed by atoms with Crippen molar-refractivity contribution in [3.05, 3.63) is 35.1 Å². The fourth-order valence-electron chi connectivity index (χ4n) is 2.23. The van der Waals surface area contributed by atoms with Crippen LogP contribution in [0.25, 0.3) is 0 Å². The minimum atomic E-state index is -0.372. The highest BCUT2D eigenvalue weighted by Crippen LogP contribution is 2.13. The van der Waals surface area contributed by atoms with E-state index in [0.717, 1.165) is 31.8 Å². The van der Waals surface area contributed by atoms with Gasteiger partial charge < -0.3 is 10.1 Å². The predicted molar refractivity (Wildman–Crippen MR) is 70.1 cm³/mol. The molecule has 102 valence electrons. The van der Waals surface area contributed by atoms with Crippen molar-refractivity contribution in [1.29, 1.82) is 5.26 Å². The number of ether oxygens (including phenoxy) is 1. The molecule has 0 bridgehead atoms. The SMILES string of the molecule is CN(Cc1ccc(F)cc1C#N)CC1CNCCO1. The largest absolute Gasteiger partial charge is 0.374 e. The van der Waals surface area contributed by atoms with Crippen molar-refractivity contribution in [2.24, 2.45) is 0 Å². The second-order valence-corrected chi connectivity index (χ2v) is 4.81. The molecule has 5 heteroatoms. The smallest absolute Gasteiger partial charge is 0.124 e. The van der Waals surface area contributed by atoms with Crippen molar-refractivity contribution in [2.45, 2.75) is 12.6 Å². The second-order valence-electron chi connectivity index (χ2n) is 4.81. The summed E-state index contributed by atoms with van der Waals surface area (Å²) >= 11 is 0. The van der Waals surface area contributed by atoms with Gasteiger partial charge in [-0.25, -0.2) is 4.39 Å². The molecular formula is C14H18FN3O. The van der Waals surface area contributed by atoms with Crippen LogP contribution in [-0.4, -0.2) is 44.3 Å². The van der Waals surface area contributed by atoms with E-state index in [2.05, 4.69) is 10.2 Å². The molecule has 4 nitrogen and oxygen atoms in total. The third-order valence-corrected chi connectivity index (χ3v) is 3.15. The van der Waals surface area contributed by atoms with Gasteiger partial charge in [-0.15, -0.1) is 0 Å². The van der Waals surface area contributed by atoms with Crippen molar-refractivity contribution in [2.75, 3.05) is 33.3 Å². The van der Waals surface area contributed by atoms with E-state index in [1.54, 1.807) is 6.07 Å². The maximum absolute atomic E-state index is 13.1. The lowest BCUT2D eigenvalue weighted by Crippen LogP contribution is -2.44. The third kappa shape index (κ3) is 4.00. The van der Waals surface area contributed by atoms with Crippen LogP contribution in [0.15, 0.2) is 18.2 Å². The molecule has 1 unspecified atom stereocenters. The van der Waals surface area contributed by atoms with Crippen LogP contribution in [0.4, 0.5) is 4.39 Å². The second kappa shape index (κ2) is 6.62. The number of nitriles is 1. The molecule has 1 aliphatic heterocycles. The molecule has 0 spiro atoms. The fourth-order valence-corrected chi connectivity index (χ4v) is 2.23. The van der Waals surface area contributed by atoms with Crippen LogP contribution in [0.3, 0.4) is 0 Å². The van der Waals surface area contributed by atoms with Gasteiger partial charge in [0.15, 0.2) is 0 Å². The van der Waals surface area contributed by atoms with E-state index in [1.807, 2.05) is 13.1 Å². The molecule has 1 heterocycles. The van der Waals surface area contributed by atoms with Gasteiger partial charge in [-0.2, -0.15) is 5.26 Å². The molecule has 19 heavy (non-hydrogen) atoms. The van der Waals surface area contributed by atoms with Gasteiger partial charge in [-0.3, -0.25) is 4.90 Å². The first kappa shape index (κ1) is 13.9. The van der Waals surface area contributed by atoms with Gasteiger partial charge in [-0.05, 0) is 24.7 Å². The zero-order valence-corrected chi connectivity index (χ0v) is 11.0. The Hall–Kier alpha value is -1.48. The summed E-state index contributed by atoms with van der Waals surface area (Å²) in [4.78, 5) is 2.09. The number of hydrogen-bond acceptors (Lipinski definition) is 4. The highest BCUT2D eigenvalue weighted by Gasteiger charge is 2.16. The molecule has 0 saturated carbocycles. The van der Waals surface area contributed by atoms with E-state index >= 15 is 0 Å². The number of likely N-dealkylation sites (N-methyl/N-ethyl adjacent to an activating group) is 1. The van der Waals surface area contributed by atoms with Crippen molar-refractivity contribution < 1.29 is 9.13 Å². The zero-order valence-electron chi connectivity index (χ0n) is 11.0. The molecule has 0 aromatic heterocycles. The van der Waals surface area contributed by atoms with Gasteiger partial charge in [-0.1, -0.05) is 6.07 Å². The number of benzene rings is 1. The summed E-state index contributed by atoms with van der Waals surface area (Å²) < 4.78 is 18.7. The van der Waals surface area contributed by atoms with E-state index < -0.39 is 0 Å². The van der Waals surface area contributed by atoms with Gasteiger partial charge in [0, 0.05) is 26.2 Å². The standard InChI is InChI=1S/C14H18FN3O/c1-18(10-14-8-17-4-5-19-14)9-11-2-3-13(15)6-12(11)7-16/h2-3,6,14,17H,4-5,8-10H2,1H3. The van der Waals surface area contributed by atoms with E-state index in [-0.39, 0.29) is 11.9 Å². The minimum absolute atomic E-state index is 0.171. The first-order valence-electron chi connectivity index (χ1n) is 6.38. The monoisotopic (exact) mass is 263 g/mol. The van der Waals surface area contributed by atoms with Crippen molar-refractivity contribution in [3.63, 3.8) is 0 Å². The average Bonchev–Trinajstić information content (AvgIpc) is 2.42. The Balaban J connectivity index is 1.94. The van der Waals surface area contributed by atoms with E-state index in [0.29, 0.717) is 12.1 Å². The van der Waals surface area contributed by atoms with Crippen molar-refractivity contribution in [3.8, 4) is 6.07 Å². The highest BCUT2D eigenvalue weighted by molar-refractivity contribution is 5.37. The summed E-state index contributed by atoms with van der Waals surface area (Å²) in [6, 6.07) is 6.38. The molecule has 1 N–H and O–H groups in total. The number of hydrogen-bond donors (Lipinski definition) is 1. The van der Waals surface area contributed by atoms with Crippen LogP contribution in [0, 0.1) is 17.1 Å². The number of rotatable bonds is 4. The molecule has 1 saturated heterocycles. The van der Waals surface area contributed by atoms with Gasteiger partial charge in [0.1, 0.15) is 5.82 Å². The van der Waals surface area contributed by atoms with E-state index in [4.69, 9.17) is 10.00 Å². The molecule has 1 atom stereocenters. The number of halogens is 1. The topological polar surface area (TPSA) is 48.3 Å². The van der Waals surface area contributed by atoms with Crippen LogP contribution in [0.1, 0.15) is 11.1 Å². The first-order valence-corrected chi connectivity index (χ1v) is 6.38. The maximum atomic E-state index is 13.1. The highest BCUT2D eigenvalue weighted by atomic mass is 19.1. The van der Waals surface area contributed by atoms with Crippen molar-refractivity contribution >= 4 is 0 Å². The maximum Gasteiger partial charge on any atom is 0.124 e. The Kier molecular flexibility index (Phi) is 4.86. The number of nitrogens with one attached hydrogen (secondary N) is 1. The number of morpholine rings is 1. The first-order chi connectivity index (χ1) is 9.19. The Morgan fingerprint density at radius 1 is 1.58 bits per heavy atom. The lowest BCUT2D eigenvalue weighted by molar-refractivity contribution is 0.00883. The Labute approximate surface area is 112 Å². The Bertz CT molecular complexity index is 466. The van der Waals surface area contributed by atoms with Crippen LogP contribution in [0.2, 0.25) is 0 Å². The fraction of sp³-hybridized carbons (Fsp3) is 0.500. The molecule has 0 radical (unpaired) electrons. The molecular weight excluding hydrogens is 245 g/mol. The molecule has 1 fully saturated rings. The summed E-state index contributed by atoms with van der Waals surface area (Å²) in [6.45, 7) is 3.88. The average molecular weight is 263 g/mol. The third-order valence-electron chi connectivity index (χ3n) is 3.15. The molecule has 1 aromatic rings. The summed E-state index contributed by atoms with van der Waals surface area (Å²) in [7, 11) is 1.97. The van der Waals surface area contributed by atoms with Crippen molar-refractivity contribution in [1.82, 2.24) is 10.2 Å². The minimum Gasteiger partial charge on any atom is -0.374 e. The zero-order chi connectivity index (χ0) is 13.7. The summed E-state index contributed by atoms with van der Waals surface area (Å²) in [5.74, 6) is -0.372. The lowest BCUT2D eigenvalue weighted by atomic mass is 10.1. The Morgan fingerprint density at radius 3 is 3.11 bits per heavy atom. The van der Waals surface area contributed by atoms with Gasteiger partial charge in [0.2, 0.25) is 0 Å². The lowest BCUT2D eigenvalue weighted by Gasteiger charge is -2.28. The summed E-state index contributed by atoms with van der Waals surface area (Å²) in [6.07, 6.45) is 0.171. The quantitative estimate of drug-likeness (QED) is 0.884. The number of nitrogens with zero attached hydrogens (tertiary/aromatic N) is 2. The molecule has 0 amide bonds. The molecule has 1 aromatic carbocycles. The molecule has 1 aliphatic rings. The van der Waals surface area contributed by atoms with Gasteiger partial charge in [0.25, 0.3) is 0 Å². The molecule has 0 aliphatic carbocycles. The van der Waals surface area contributed by atoms with Crippen LogP contribution in [0.5, 0.6) is 0 Å². The van der Waals surface area contributed by atoms with Gasteiger partial charge >= 0.3 is 0 Å².